The molecular weight excluding hydrogens is 522 g/mol. The summed E-state index contributed by atoms with van der Waals surface area (Å²) in [6, 6.07) is 7.90. The van der Waals surface area contributed by atoms with Crippen LogP contribution < -0.4 is 10.6 Å². The predicted octanol–water partition coefficient (Wildman–Crippen LogP) is 5.40. The van der Waals surface area contributed by atoms with Gasteiger partial charge in [0.2, 0.25) is 0 Å². The lowest BCUT2D eigenvalue weighted by molar-refractivity contribution is -0.384. The molecule has 1 aromatic heterocycles. The topological polar surface area (TPSA) is 116 Å². The lowest BCUT2D eigenvalue weighted by Crippen LogP contribution is -2.43. The van der Waals surface area contributed by atoms with Crippen LogP contribution in [0, 0.1) is 15.5 Å². The van der Waals surface area contributed by atoms with Gasteiger partial charge in [-0.25, -0.2) is 4.79 Å². The summed E-state index contributed by atoms with van der Waals surface area (Å²) >= 11 is 4.88. The Hall–Kier alpha value is -2.98. The lowest BCUT2D eigenvalue weighted by atomic mass is 9.69. The molecule has 1 atom stereocenters. The summed E-state index contributed by atoms with van der Waals surface area (Å²) < 4.78 is 6.19. The van der Waals surface area contributed by atoms with Gasteiger partial charge in [-0.3, -0.25) is 19.8 Å². The van der Waals surface area contributed by atoms with E-state index in [0.717, 1.165) is 9.35 Å². The quantitative estimate of drug-likeness (QED) is 0.303. The molecule has 1 aliphatic carbocycles. The first kappa shape index (κ1) is 24.2. The minimum atomic E-state index is -0.677. The van der Waals surface area contributed by atoms with Gasteiger partial charge in [-0.2, -0.15) is 0 Å². The number of rotatable bonds is 5. The van der Waals surface area contributed by atoms with Crippen molar-refractivity contribution in [2.24, 2.45) is 11.1 Å². The highest BCUT2D eigenvalue weighted by molar-refractivity contribution is 9.10. The van der Waals surface area contributed by atoms with E-state index >= 15 is 0 Å². The maximum absolute atomic E-state index is 13.6. The third-order valence-corrected chi connectivity index (χ3v) is 7.69. The lowest BCUT2D eigenvalue weighted by Gasteiger charge is -2.44. The first-order chi connectivity index (χ1) is 16.0. The average molecular weight is 546 g/mol. The van der Waals surface area contributed by atoms with Crippen LogP contribution in [0.2, 0.25) is 0 Å². The summed E-state index contributed by atoms with van der Waals surface area (Å²) in [7, 11) is 0. The van der Waals surface area contributed by atoms with Crippen LogP contribution >= 0.6 is 27.3 Å². The summed E-state index contributed by atoms with van der Waals surface area (Å²) in [5, 5.41) is 13.3. The van der Waals surface area contributed by atoms with Crippen LogP contribution in [0.25, 0.3) is 0 Å². The average Bonchev–Trinajstić information content (AvgIpc) is 3.18. The van der Waals surface area contributed by atoms with E-state index in [-0.39, 0.29) is 34.9 Å². The molecule has 0 radical (unpaired) electrons. The molecule has 2 heterocycles. The Labute approximate surface area is 209 Å². The summed E-state index contributed by atoms with van der Waals surface area (Å²) in [5.74, 6) is -1.26. The predicted molar refractivity (Wildman–Crippen MR) is 133 cm³/mol. The molecule has 10 heteroatoms. The van der Waals surface area contributed by atoms with Crippen molar-refractivity contribution in [1.82, 2.24) is 0 Å². The molecule has 34 heavy (non-hydrogen) atoms. The normalized spacial score (nSPS) is 19.8. The number of nitrogens with zero attached hydrogens (tertiary/aromatic N) is 2. The summed E-state index contributed by atoms with van der Waals surface area (Å²) in [6.45, 7) is 5.83. The maximum Gasteiger partial charge on any atom is 0.338 e. The first-order valence-electron chi connectivity index (χ1n) is 10.8. The molecule has 2 aromatic rings. The van der Waals surface area contributed by atoms with Gasteiger partial charge in [0.15, 0.2) is 5.78 Å². The molecule has 0 amide bonds. The number of anilines is 1. The minimum absolute atomic E-state index is 0.0782. The fraction of sp³-hybridized carbons (Fsp3) is 0.333. The van der Waals surface area contributed by atoms with E-state index in [1.807, 2.05) is 25.3 Å². The van der Waals surface area contributed by atoms with Crippen LogP contribution in [-0.4, -0.2) is 23.3 Å². The maximum atomic E-state index is 13.6. The molecule has 1 aromatic carbocycles. The Kier molecular flexibility index (Phi) is 6.39. The third kappa shape index (κ3) is 4.27. The molecule has 1 aliphatic heterocycles. The highest BCUT2D eigenvalue weighted by Gasteiger charge is 2.47. The van der Waals surface area contributed by atoms with Crippen LogP contribution in [0.4, 0.5) is 11.4 Å². The molecule has 8 nitrogen and oxygen atoms in total. The van der Waals surface area contributed by atoms with E-state index in [1.54, 1.807) is 24.0 Å². The smallest absolute Gasteiger partial charge is 0.338 e. The van der Waals surface area contributed by atoms with E-state index in [9.17, 15) is 19.7 Å². The first-order valence-corrected chi connectivity index (χ1v) is 12.4. The Morgan fingerprint density at radius 3 is 2.71 bits per heavy atom. The molecule has 0 fully saturated rings. The second kappa shape index (κ2) is 8.99. The Balaban J connectivity index is 2.03. The van der Waals surface area contributed by atoms with Crippen molar-refractivity contribution in [1.29, 1.82) is 0 Å². The zero-order valence-electron chi connectivity index (χ0n) is 19.0. The number of halogens is 1. The van der Waals surface area contributed by atoms with Gasteiger partial charge in [0.25, 0.3) is 5.69 Å². The number of carbonyl (C=O) groups excluding carboxylic acids is 2. The molecular formula is C24H24BrN3O5S. The molecule has 2 aliphatic rings. The summed E-state index contributed by atoms with van der Waals surface area (Å²) in [6.07, 6.45) is 0.824. The second-order valence-electron chi connectivity index (χ2n) is 9.03. The summed E-state index contributed by atoms with van der Waals surface area (Å²) in [4.78, 5) is 40.2. The summed E-state index contributed by atoms with van der Waals surface area (Å²) in [5.41, 5.74) is 7.92. The Morgan fingerprint density at radius 2 is 2.09 bits per heavy atom. The van der Waals surface area contributed by atoms with E-state index in [1.165, 1.54) is 23.5 Å². The van der Waals surface area contributed by atoms with Crippen molar-refractivity contribution in [3.05, 3.63) is 77.8 Å². The zero-order valence-corrected chi connectivity index (χ0v) is 21.4. The SMILES string of the molecule is CCOC(=O)C1=C(N)N(c2cccc([N+](=O)[O-])c2)C2=C(C(=O)CC(C)(C)C2)C1c1cc(Br)cs1. The van der Waals surface area contributed by atoms with E-state index in [0.29, 0.717) is 29.8 Å². The highest BCUT2D eigenvalue weighted by atomic mass is 79.9. The van der Waals surface area contributed by atoms with Crippen LogP contribution in [0.15, 0.2) is 62.8 Å². The van der Waals surface area contributed by atoms with E-state index in [2.05, 4.69) is 15.9 Å². The van der Waals surface area contributed by atoms with Gasteiger partial charge in [-0.05, 0) is 46.8 Å². The Morgan fingerprint density at radius 1 is 1.35 bits per heavy atom. The molecule has 0 saturated carbocycles. The molecule has 2 N–H and O–H groups in total. The van der Waals surface area contributed by atoms with Crippen molar-refractivity contribution in [3.8, 4) is 0 Å². The number of nitrogens with two attached hydrogens (primary N) is 1. The van der Waals surface area contributed by atoms with Crippen LogP contribution in [0.5, 0.6) is 0 Å². The fourth-order valence-corrected chi connectivity index (χ4v) is 6.19. The van der Waals surface area contributed by atoms with Crippen molar-refractivity contribution < 1.29 is 19.2 Å². The number of allylic oxidation sites excluding steroid dienone is 2. The van der Waals surface area contributed by atoms with Gasteiger partial charge in [0.1, 0.15) is 5.82 Å². The second-order valence-corrected chi connectivity index (χ2v) is 10.9. The number of Topliss-reactive ketones (excluding diaryl/α,β-unsaturated/α-hetero) is 1. The van der Waals surface area contributed by atoms with Crippen molar-refractivity contribution >= 4 is 50.4 Å². The zero-order chi connectivity index (χ0) is 24.8. The van der Waals surface area contributed by atoms with Gasteiger partial charge < -0.3 is 10.5 Å². The molecule has 1 unspecified atom stereocenters. The third-order valence-electron chi connectivity index (χ3n) is 5.93. The number of ether oxygens (including phenoxy) is 1. The molecule has 4 rings (SSSR count). The largest absolute Gasteiger partial charge is 0.463 e. The number of nitro benzene ring substituents is 1. The molecule has 0 bridgehead atoms. The monoisotopic (exact) mass is 545 g/mol. The molecule has 178 valence electrons. The standard InChI is InChI=1S/C24H24BrN3O5S/c1-4-33-23(30)21-20(18-8-13(25)12-34-18)19-16(10-24(2,3)11-17(19)29)27(22(21)26)14-6-5-7-15(9-14)28(31)32/h5-9,12,20H,4,10-11,26H2,1-3H3. The van der Waals surface area contributed by atoms with Crippen molar-refractivity contribution in [2.75, 3.05) is 11.5 Å². The van der Waals surface area contributed by atoms with Crippen LogP contribution in [-0.2, 0) is 14.3 Å². The number of carbonyl (C=O) groups is 2. The molecule has 0 spiro atoms. The number of hydrogen-bond acceptors (Lipinski definition) is 8. The number of benzene rings is 1. The number of esters is 1. The number of thiophene rings is 1. The fourth-order valence-electron chi connectivity index (χ4n) is 4.62. The number of ketones is 1. The van der Waals surface area contributed by atoms with Crippen molar-refractivity contribution in [2.45, 2.75) is 39.5 Å². The van der Waals surface area contributed by atoms with Crippen LogP contribution in [0.1, 0.15) is 44.4 Å². The highest BCUT2D eigenvalue weighted by Crippen LogP contribution is 2.51. The van der Waals surface area contributed by atoms with E-state index in [4.69, 9.17) is 10.5 Å². The van der Waals surface area contributed by atoms with Gasteiger partial charge in [-0.15, -0.1) is 11.3 Å². The van der Waals surface area contributed by atoms with Gasteiger partial charge in [0, 0.05) is 44.6 Å². The Bertz CT molecular complexity index is 1260. The van der Waals surface area contributed by atoms with Crippen LogP contribution in [0.3, 0.4) is 0 Å². The van der Waals surface area contributed by atoms with Gasteiger partial charge in [0.05, 0.1) is 28.7 Å². The number of non-ortho nitro benzene ring substituents is 1. The van der Waals surface area contributed by atoms with E-state index < -0.39 is 16.8 Å². The number of hydrogen-bond donors (Lipinski definition) is 1. The molecule has 0 saturated heterocycles. The number of nitro groups is 1. The minimum Gasteiger partial charge on any atom is -0.463 e. The van der Waals surface area contributed by atoms with Gasteiger partial charge in [-0.1, -0.05) is 19.9 Å². The van der Waals surface area contributed by atoms with Gasteiger partial charge >= 0.3 is 5.97 Å². The van der Waals surface area contributed by atoms with Crippen molar-refractivity contribution in [3.63, 3.8) is 0 Å².